The van der Waals surface area contributed by atoms with Crippen LogP contribution in [0.15, 0.2) is 60.7 Å². The van der Waals surface area contributed by atoms with Crippen molar-refractivity contribution in [1.82, 2.24) is 4.90 Å². The normalized spacial score (nSPS) is 22.5. The van der Waals surface area contributed by atoms with Gasteiger partial charge in [0, 0.05) is 0 Å². The van der Waals surface area contributed by atoms with Crippen LogP contribution in [0.2, 0.25) is 4.82 Å². The van der Waals surface area contributed by atoms with Gasteiger partial charge in [0.25, 0.3) is 0 Å². The van der Waals surface area contributed by atoms with Crippen LogP contribution in [-0.4, -0.2) is 32.4 Å². The fourth-order valence-corrected chi connectivity index (χ4v) is 5.84. The van der Waals surface area contributed by atoms with Crippen molar-refractivity contribution in [3.8, 4) is 0 Å². The van der Waals surface area contributed by atoms with Crippen LogP contribution in [0.1, 0.15) is 25.3 Å². The molecule has 0 N–H and O–H groups in total. The van der Waals surface area contributed by atoms with Crippen molar-refractivity contribution < 1.29 is 0 Å². The first-order valence-electron chi connectivity index (χ1n) is 7.85. The minimum absolute atomic E-state index is 0.611. The van der Waals surface area contributed by atoms with Gasteiger partial charge in [-0.1, -0.05) is 0 Å². The molecule has 110 valence electrons. The van der Waals surface area contributed by atoms with E-state index in [2.05, 4.69) is 72.5 Å². The summed E-state index contributed by atoms with van der Waals surface area (Å²) < 4.78 is 1.55. The Kier molecular flexibility index (Phi) is 5.13. The first kappa shape index (κ1) is 14.8. The number of nitrogens with zero attached hydrogens (tertiary/aromatic N) is 1. The van der Waals surface area contributed by atoms with Crippen LogP contribution < -0.4 is 4.46 Å². The molecule has 2 heteroatoms. The average molecular weight is 344 g/mol. The van der Waals surface area contributed by atoms with Gasteiger partial charge in [0.2, 0.25) is 0 Å². The molecule has 0 radical (unpaired) electrons. The maximum absolute atomic E-state index is 2.70. The zero-order valence-electron chi connectivity index (χ0n) is 12.6. The summed E-state index contributed by atoms with van der Waals surface area (Å²) in [4.78, 5) is 3.57. The molecule has 1 saturated heterocycles. The molecule has 1 aliphatic heterocycles. The molecule has 0 aliphatic carbocycles. The topological polar surface area (TPSA) is 3.24 Å². The molecule has 0 saturated carbocycles. The SMILES string of the molecule is CC[C@@H]1C[C@@H]([Se]c2ccccc2)CN1Cc1ccccc1. The van der Waals surface area contributed by atoms with Crippen LogP contribution in [0.4, 0.5) is 0 Å². The van der Waals surface area contributed by atoms with E-state index in [1.807, 2.05) is 0 Å². The quantitative estimate of drug-likeness (QED) is 0.751. The fraction of sp³-hybridized carbons (Fsp3) is 0.368. The summed E-state index contributed by atoms with van der Waals surface area (Å²) >= 11 is 0.611. The van der Waals surface area contributed by atoms with Crippen LogP contribution in [0.3, 0.4) is 0 Å². The van der Waals surface area contributed by atoms with Crippen molar-refractivity contribution in [3.05, 3.63) is 66.2 Å². The molecule has 3 rings (SSSR count). The van der Waals surface area contributed by atoms with E-state index in [1.54, 1.807) is 4.46 Å². The molecule has 2 atom stereocenters. The van der Waals surface area contributed by atoms with Crippen molar-refractivity contribution in [3.63, 3.8) is 0 Å². The van der Waals surface area contributed by atoms with Gasteiger partial charge in [-0.25, -0.2) is 0 Å². The summed E-state index contributed by atoms with van der Waals surface area (Å²) in [5.41, 5.74) is 1.45. The van der Waals surface area contributed by atoms with E-state index < -0.39 is 0 Å². The first-order chi connectivity index (χ1) is 10.3. The molecule has 0 aromatic heterocycles. The molecule has 1 fully saturated rings. The third-order valence-electron chi connectivity index (χ3n) is 4.24. The summed E-state index contributed by atoms with van der Waals surface area (Å²) in [7, 11) is 0. The van der Waals surface area contributed by atoms with Gasteiger partial charge >= 0.3 is 134 Å². The van der Waals surface area contributed by atoms with E-state index in [0.717, 1.165) is 17.4 Å². The van der Waals surface area contributed by atoms with Gasteiger partial charge in [-0.15, -0.1) is 0 Å². The Hall–Kier alpha value is -1.08. The second kappa shape index (κ2) is 7.26. The van der Waals surface area contributed by atoms with Crippen LogP contribution in [0.5, 0.6) is 0 Å². The Labute approximate surface area is 134 Å². The van der Waals surface area contributed by atoms with Gasteiger partial charge in [0.1, 0.15) is 0 Å². The Morgan fingerprint density at radius 2 is 1.67 bits per heavy atom. The summed E-state index contributed by atoms with van der Waals surface area (Å²) in [5, 5.41) is 0. The minimum atomic E-state index is 0.611. The van der Waals surface area contributed by atoms with Crippen molar-refractivity contribution >= 4 is 19.4 Å². The van der Waals surface area contributed by atoms with Crippen LogP contribution >= 0.6 is 0 Å². The van der Waals surface area contributed by atoms with Gasteiger partial charge in [-0.05, 0) is 0 Å². The molecule has 2 aromatic carbocycles. The third-order valence-corrected chi connectivity index (χ3v) is 6.79. The number of benzene rings is 2. The molecule has 0 bridgehead atoms. The average Bonchev–Trinajstić information content (AvgIpc) is 2.91. The van der Waals surface area contributed by atoms with Crippen molar-refractivity contribution in [2.45, 2.75) is 37.2 Å². The molecular weight excluding hydrogens is 321 g/mol. The molecule has 0 amide bonds. The van der Waals surface area contributed by atoms with Gasteiger partial charge in [0.05, 0.1) is 0 Å². The van der Waals surface area contributed by atoms with E-state index in [9.17, 15) is 0 Å². The second-order valence-corrected chi connectivity index (χ2v) is 8.65. The fourth-order valence-electron chi connectivity index (χ4n) is 3.15. The second-order valence-electron chi connectivity index (χ2n) is 5.77. The van der Waals surface area contributed by atoms with Crippen molar-refractivity contribution in [2.75, 3.05) is 6.54 Å². The Bertz CT molecular complexity index is 540. The van der Waals surface area contributed by atoms with E-state index >= 15 is 0 Å². The van der Waals surface area contributed by atoms with E-state index in [1.165, 1.54) is 24.9 Å². The van der Waals surface area contributed by atoms with Gasteiger partial charge in [-0.3, -0.25) is 0 Å². The van der Waals surface area contributed by atoms with E-state index in [4.69, 9.17) is 0 Å². The van der Waals surface area contributed by atoms with E-state index in [0.29, 0.717) is 15.0 Å². The molecule has 1 nitrogen and oxygen atoms in total. The summed E-state index contributed by atoms with van der Waals surface area (Å²) in [6.45, 7) is 4.71. The molecule has 2 aromatic rings. The molecule has 1 aliphatic rings. The van der Waals surface area contributed by atoms with Gasteiger partial charge in [-0.2, -0.15) is 0 Å². The monoisotopic (exact) mass is 345 g/mol. The molecule has 0 spiro atoms. The van der Waals surface area contributed by atoms with Gasteiger partial charge < -0.3 is 0 Å². The number of likely N-dealkylation sites (tertiary alicyclic amines) is 1. The first-order valence-corrected chi connectivity index (χ1v) is 9.69. The van der Waals surface area contributed by atoms with Crippen molar-refractivity contribution in [1.29, 1.82) is 0 Å². The summed E-state index contributed by atoms with van der Waals surface area (Å²) in [6.07, 6.45) is 2.65. The summed E-state index contributed by atoms with van der Waals surface area (Å²) in [5.74, 6) is 0. The Morgan fingerprint density at radius 3 is 2.33 bits per heavy atom. The zero-order valence-corrected chi connectivity index (χ0v) is 14.3. The molecule has 0 unspecified atom stereocenters. The van der Waals surface area contributed by atoms with Gasteiger partial charge in [0.15, 0.2) is 0 Å². The third kappa shape index (κ3) is 3.97. The zero-order chi connectivity index (χ0) is 14.5. The Balaban J connectivity index is 1.63. The number of hydrogen-bond acceptors (Lipinski definition) is 1. The van der Waals surface area contributed by atoms with Crippen molar-refractivity contribution in [2.24, 2.45) is 0 Å². The van der Waals surface area contributed by atoms with E-state index in [-0.39, 0.29) is 0 Å². The van der Waals surface area contributed by atoms with Crippen LogP contribution in [-0.2, 0) is 6.54 Å². The van der Waals surface area contributed by atoms with Crippen LogP contribution in [0.25, 0.3) is 0 Å². The number of rotatable bonds is 5. The predicted octanol–water partition coefficient (Wildman–Crippen LogP) is 3.49. The number of hydrogen-bond donors (Lipinski definition) is 0. The molecule has 1 heterocycles. The summed E-state index contributed by atoms with van der Waals surface area (Å²) in [6, 6.07) is 22.7. The maximum atomic E-state index is 2.70. The molecule has 21 heavy (non-hydrogen) atoms. The Morgan fingerprint density at radius 1 is 1.00 bits per heavy atom. The standard InChI is InChI=1S/C19H23NSe/c1-2-17-13-19(21-18-11-7-4-8-12-18)15-20(17)14-16-9-5-3-6-10-16/h3-12,17,19H,2,13-15H2,1H3/t17-,19-/m1/s1. The molecular formula is C19H23NSe. The van der Waals surface area contributed by atoms with Crippen LogP contribution in [0, 0.1) is 0 Å². The predicted molar refractivity (Wildman–Crippen MR) is 91.1 cm³/mol.